The maximum atomic E-state index is 12.4. The number of carbonyl (C=O) groups excluding carboxylic acids is 1. The van der Waals surface area contributed by atoms with E-state index in [2.05, 4.69) is 10.7 Å². The van der Waals surface area contributed by atoms with Gasteiger partial charge in [-0.2, -0.15) is 11.3 Å². The average molecular weight is 348 g/mol. The maximum Gasteiger partial charge on any atom is 0.225 e. The van der Waals surface area contributed by atoms with Crippen LogP contribution in [0.3, 0.4) is 0 Å². The summed E-state index contributed by atoms with van der Waals surface area (Å²) < 4.78 is 0. The quantitative estimate of drug-likeness (QED) is 0.698. The van der Waals surface area contributed by atoms with Gasteiger partial charge in [0.2, 0.25) is 5.91 Å². The maximum absolute atomic E-state index is 12.4. The van der Waals surface area contributed by atoms with Gasteiger partial charge in [-0.15, -0.1) is 11.3 Å². The number of halogens is 1. The lowest BCUT2D eigenvalue weighted by Crippen LogP contribution is -2.29. The van der Waals surface area contributed by atoms with Crippen LogP contribution in [0.1, 0.15) is 22.0 Å². The molecule has 0 fully saturated rings. The summed E-state index contributed by atoms with van der Waals surface area (Å²) in [4.78, 5) is 13.5. The van der Waals surface area contributed by atoms with Gasteiger partial charge < -0.3 is 5.32 Å². The molecule has 0 saturated carbocycles. The molecular weight excluding hydrogens is 334 g/mol. The first-order chi connectivity index (χ1) is 10.7. The van der Waals surface area contributed by atoms with Gasteiger partial charge in [-0.3, -0.25) is 4.79 Å². The third-order valence-electron chi connectivity index (χ3n) is 3.32. The van der Waals surface area contributed by atoms with E-state index >= 15 is 0 Å². The highest BCUT2D eigenvalue weighted by Crippen LogP contribution is 2.27. The van der Waals surface area contributed by atoms with Crippen molar-refractivity contribution in [2.45, 2.75) is 12.5 Å². The van der Waals surface area contributed by atoms with Crippen molar-refractivity contribution in [3.05, 3.63) is 79.6 Å². The zero-order valence-electron chi connectivity index (χ0n) is 11.7. The molecule has 5 heteroatoms. The van der Waals surface area contributed by atoms with Crippen molar-refractivity contribution in [3.63, 3.8) is 0 Å². The summed E-state index contributed by atoms with van der Waals surface area (Å²) in [5.74, 6) is -0.0299. The summed E-state index contributed by atoms with van der Waals surface area (Å²) in [6.07, 6.45) is 0.283. The Kier molecular flexibility index (Phi) is 4.93. The lowest BCUT2D eigenvalue weighted by molar-refractivity contribution is -0.120. The number of carbonyl (C=O) groups is 1. The van der Waals surface area contributed by atoms with Gasteiger partial charge in [0.05, 0.1) is 12.5 Å². The van der Waals surface area contributed by atoms with Crippen LogP contribution in [0, 0.1) is 0 Å². The smallest absolute Gasteiger partial charge is 0.225 e. The lowest BCUT2D eigenvalue weighted by Gasteiger charge is -2.17. The van der Waals surface area contributed by atoms with Crippen LogP contribution in [0.15, 0.2) is 58.6 Å². The fourth-order valence-corrected chi connectivity index (χ4v) is 3.93. The van der Waals surface area contributed by atoms with Crippen molar-refractivity contribution < 1.29 is 4.79 Å². The van der Waals surface area contributed by atoms with E-state index in [1.165, 1.54) is 0 Å². The number of rotatable bonds is 5. The molecule has 2 heterocycles. The Morgan fingerprint density at radius 3 is 2.68 bits per heavy atom. The number of hydrogen-bond donors (Lipinski definition) is 1. The Balaban J connectivity index is 1.77. The molecule has 22 heavy (non-hydrogen) atoms. The van der Waals surface area contributed by atoms with Gasteiger partial charge in [-0.1, -0.05) is 35.9 Å². The second-order valence-electron chi connectivity index (χ2n) is 4.84. The first-order valence-electron chi connectivity index (χ1n) is 6.82. The topological polar surface area (TPSA) is 29.1 Å². The highest BCUT2D eigenvalue weighted by Gasteiger charge is 2.18. The van der Waals surface area contributed by atoms with Crippen LogP contribution < -0.4 is 5.32 Å². The number of hydrogen-bond acceptors (Lipinski definition) is 3. The summed E-state index contributed by atoms with van der Waals surface area (Å²) in [6, 6.07) is 13.4. The fourth-order valence-electron chi connectivity index (χ4n) is 2.24. The molecule has 2 nitrogen and oxygen atoms in total. The van der Waals surface area contributed by atoms with Gasteiger partial charge in [0.25, 0.3) is 0 Å². The van der Waals surface area contributed by atoms with E-state index in [1.807, 2.05) is 47.2 Å². The summed E-state index contributed by atoms with van der Waals surface area (Å²) in [7, 11) is 0. The largest absolute Gasteiger partial charge is 0.344 e. The van der Waals surface area contributed by atoms with Gasteiger partial charge in [-0.05, 0) is 45.5 Å². The van der Waals surface area contributed by atoms with Crippen LogP contribution in [-0.2, 0) is 11.2 Å². The molecule has 1 atom stereocenters. The standard InChI is InChI=1S/C17H14ClNOS2/c18-14-5-2-1-4-12(14)10-16(20)19-17(13-7-9-21-11-13)15-6-3-8-22-15/h1-9,11,17H,10H2,(H,19,20). The molecule has 112 valence electrons. The van der Waals surface area contributed by atoms with Crippen molar-refractivity contribution in [1.82, 2.24) is 5.32 Å². The molecule has 1 N–H and O–H groups in total. The normalized spacial score (nSPS) is 12.0. The van der Waals surface area contributed by atoms with E-state index in [1.54, 1.807) is 28.7 Å². The number of thiophene rings is 2. The minimum absolute atomic E-state index is 0.0299. The summed E-state index contributed by atoms with van der Waals surface area (Å²) in [6.45, 7) is 0. The zero-order chi connectivity index (χ0) is 15.4. The monoisotopic (exact) mass is 347 g/mol. The van der Waals surface area contributed by atoms with Crippen molar-refractivity contribution in [3.8, 4) is 0 Å². The fraction of sp³-hybridized carbons (Fsp3) is 0.118. The van der Waals surface area contributed by atoms with E-state index in [9.17, 15) is 4.79 Å². The predicted molar refractivity (Wildman–Crippen MR) is 93.8 cm³/mol. The van der Waals surface area contributed by atoms with Crippen molar-refractivity contribution in [2.24, 2.45) is 0 Å². The molecule has 1 aromatic carbocycles. The first kappa shape index (κ1) is 15.3. The summed E-state index contributed by atoms with van der Waals surface area (Å²) in [5, 5.41) is 9.86. The van der Waals surface area contributed by atoms with Crippen LogP contribution >= 0.6 is 34.3 Å². The van der Waals surface area contributed by atoms with E-state index in [4.69, 9.17) is 11.6 Å². The molecular formula is C17H14ClNOS2. The van der Waals surface area contributed by atoms with Crippen LogP contribution in [0.2, 0.25) is 5.02 Å². The minimum atomic E-state index is -0.0961. The third-order valence-corrected chi connectivity index (χ3v) is 5.33. The third kappa shape index (κ3) is 3.58. The number of nitrogens with one attached hydrogen (secondary N) is 1. The predicted octanol–water partition coefficient (Wildman–Crippen LogP) is 4.91. The Hall–Kier alpha value is -1.62. The second kappa shape index (κ2) is 7.09. The molecule has 0 aliphatic rings. The average Bonchev–Trinajstić information content (AvgIpc) is 3.21. The van der Waals surface area contributed by atoms with E-state index in [0.717, 1.165) is 16.0 Å². The van der Waals surface area contributed by atoms with Gasteiger partial charge in [0, 0.05) is 9.90 Å². The van der Waals surface area contributed by atoms with Gasteiger partial charge >= 0.3 is 0 Å². The summed E-state index contributed by atoms with van der Waals surface area (Å²) in [5.41, 5.74) is 1.96. The van der Waals surface area contributed by atoms with Gasteiger partial charge in [0.1, 0.15) is 0 Å². The molecule has 3 rings (SSSR count). The molecule has 3 aromatic rings. The molecule has 0 aliphatic heterocycles. The Morgan fingerprint density at radius 1 is 1.14 bits per heavy atom. The Bertz CT molecular complexity index is 704. The van der Waals surface area contributed by atoms with Crippen LogP contribution in [0.5, 0.6) is 0 Å². The van der Waals surface area contributed by atoms with Crippen molar-refractivity contribution in [2.75, 3.05) is 0 Å². The molecule has 0 radical (unpaired) electrons. The summed E-state index contributed by atoms with van der Waals surface area (Å²) >= 11 is 9.40. The van der Waals surface area contributed by atoms with E-state index in [0.29, 0.717) is 5.02 Å². The molecule has 0 saturated heterocycles. The minimum Gasteiger partial charge on any atom is -0.344 e. The SMILES string of the molecule is O=C(Cc1ccccc1Cl)NC(c1ccsc1)c1cccs1. The van der Waals surface area contributed by atoms with Gasteiger partial charge in [-0.25, -0.2) is 0 Å². The van der Waals surface area contributed by atoms with E-state index in [-0.39, 0.29) is 18.4 Å². The zero-order valence-corrected chi connectivity index (χ0v) is 14.0. The van der Waals surface area contributed by atoms with Crippen LogP contribution in [-0.4, -0.2) is 5.91 Å². The number of amides is 1. The van der Waals surface area contributed by atoms with Crippen LogP contribution in [0.25, 0.3) is 0 Å². The molecule has 0 spiro atoms. The first-order valence-corrected chi connectivity index (χ1v) is 9.02. The van der Waals surface area contributed by atoms with Crippen LogP contribution in [0.4, 0.5) is 0 Å². The second-order valence-corrected chi connectivity index (χ2v) is 7.01. The highest BCUT2D eigenvalue weighted by atomic mass is 35.5. The van der Waals surface area contributed by atoms with E-state index < -0.39 is 0 Å². The molecule has 2 aromatic heterocycles. The highest BCUT2D eigenvalue weighted by molar-refractivity contribution is 7.10. The van der Waals surface area contributed by atoms with Crippen molar-refractivity contribution in [1.29, 1.82) is 0 Å². The van der Waals surface area contributed by atoms with Gasteiger partial charge in [0.15, 0.2) is 0 Å². The lowest BCUT2D eigenvalue weighted by atomic mass is 10.1. The Morgan fingerprint density at radius 2 is 2.00 bits per heavy atom. The molecule has 0 bridgehead atoms. The molecule has 1 amide bonds. The number of benzene rings is 1. The molecule has 1 unspecified atom stereocenters. The Labute approximate surface area is 142 Å². The van der Waals surface area contributed by atoms with Crippen molar-refractivity contribution >= 4 is 40.2 Å². The molecule has 0 aliphatic carbocycles.